The molecule has 0 N–H and O–H groups in total. The molecule has 2 rings (SSSR count). The van der Waals surface area contributed by atoms with Crippen molar-refractivity contribution in [1.29, 1.82) is 0 Å². The van der Waals surface area contributed by atoms with Crippen molar-refractivity contribution in [1.82, 2.24) is 4.90 Å². The highest BCUT2D eigenvalue weighted by Crippen LogP contribution is 2.32. The highest BCUT2D eigenvalue weighted by molar-refractivity contribution is 5.99. The Bertz CT molecular complexity index is 434. The quantitative estimate of drug-likeness (QED) is 0.671. The number of amides is 1. The molecule has 15 heavy (non-hydrogen) atoms. The molecule has 0 saturated heterocycles. The van der Waals surface area contributed by atoms with Crippen molar-refractivity contribution < 1.29 is 4.79 Å². The molecule has 1 atom stereocenters. The molecular formula is C13H13NO. The number of carbonyl (C=O) groups excluding carboxylic acids is 1. The summed E-state index contributed by atoms with van der Waals surface area (Å²) < 4.78 is 0. The molecule has 0 spiro atoms. The van der Waals surface area contributed by atoms with Crippen molar-refractivity contribution in [3.63, 3.8) is 0 Å². The number of hydrogen-bond acceptors (Lipinski definition) is 1. The van der Waals surface area contributed by atoms with E-state index in [1.54, 1.807) is 23.3 Å². The minimum absolute atomic E-state index is 0.0659. The zero-order chi connectivity index (χ0) is 10.8. The van der Waals surface area contributed by atoms with E-state index in [0.29, 0.717) is 0 Å². The second kappa shape index (κ2) is 3.73. The Morgan fingerprint density at radius 2 is 2.13 bits per heavy atom. The van der Waals surface area contributed by atoms with Gasteiger partial charge in [0.15, 0.2) is 0 Å². The van der Waals surface area contributed by atoms with Gasteiger partial charge in [-0.1, -0.05) is 30.9 Å². The summed E-state index contributed by atoms with van der Waals surface area (Å²) in [6, 6.07) is 7.84. The Labute approximate surface area is 89.5 Å². The second-order valence-corrected chi connectivity index (χ2v) is 3.55. The number of rotatable bonds is 2. The first kappa shape index (κ1) is 9.71. The van der Waals surface area contributed by atoms with Gasteiger partial charge < -0.3 is 4.90 Å². The van der Waals surface area contributed by atoms with Crippen LogP contribution < -0.4 is 0 Å². The number of nitrogens with zero attached hydrogens (tertiary/aromatic N) is 1. The van der Waals surface area contributed by atoms with Gasteiger partial charge in [-0.2, -0.15) is 0 Å². The van der Waals surface area contributed by atoms with E-state index >= 15 is 0 Å². The van der Waals surface area contributed by atoms with E-state index in [-0.39, 0.29) is 11.9 Å². The standard InChI is InChI=1S/C13H13NO/c1-3-4-9-14-10(2)11-7-5-6-8-12(11)13(14)15/h3-10H,1H2,2H3/b9-4+/t10-/m0/s1. The van der Waals surface area contributed by atoms with Crippen molar-refractivity contribution in [3.8, 4) is 0 Å². The van der Waals surface area contributed by atoms with Crippen LogP contribution in [0.1, 0.15) is 28.9 Å². The number of carbonyl (C=O) groups is 1. The lowest BCUT2D eigenvalue weighted by Crippen LogP contribution is -2.19. The predicted octanol–water partition coefficient (Wildman–Crippen LogP) is 2.90. The third-order valence-electron chi connectivity index (χ3n) is 2.68. The first-order valence-corrected chi connectivity index (χ1v) is 4.96. The Hall–Kier alpha value is -1.83. The van der Waals surface area contributed by atoms with Gasteiger partial charge in [-0.3, -0.25) is 4.79 Å². The number of hydrogen-bond donors (Lipinski definition) is 0. The molecule has 1 aromatic carbocycles. The second-order valence-electron chi connectivity index (χ2n) is 3.55. The van der Waals surface area contributed by atoms with Crippen LogP contribution in [0.25, 0.3) is 0 Å². The van der Waals surface area contributed by atoms with E-state index in [9.17, 15) is 4.79 Å². The average Bonchev–Trinajstić information content (AvgIpc) is 2.51. The minimum atomic E-state index is 0.0659. The molecule has 1 aromatic rings. The van der Waals surface area contributed by atoms with Gasteiger partial charge in [0.25, 0.3) is 5.91 Å². The summed E-state index contributed by atoms with van der Waals surface area (Å²) >= 11 is 0. The molecule has 2 nitrogen and oxygen atoms in total. The highest BCUT2D eigenvalue weighted by atomic mass is 16.2. The first-order chi connectivity index (χ1) is 7.25. The van der Waals surface area contributed by atoms with E-state index < -0.39 is 0 Å². The number of fused-ring (bicyclic) bond motifs is 1. The van der Waals surface area contributed by atoms with Gasteiger partial charge in [0.1, 0.15) is 0 Å². The average molecular weight is 199 g/mol. The van der Waals surface area contributed by atoms with Gasteiger partial charge in [0.2, 0.25) is 0 Å². The molecule has 0 unspecified atom stereocenters. The van der Waals surface area contributed by atoms with Gasteiger partial charge in [0.05, 0.1) is 6.04 Å². The zero-order valence-corrected chi connectivity index (χ0v) is 8.68. The fourth-order valence-corrected chi connectivity index (χ4v) is 1.87. The topological polar surface area (TPSA) is 20.3 Å². The summed E-state index contributed by atoms with van der Waals surface area (Å²) in [4.78, 5) is 13.7. The molecule has 1 heterocycles. The highest BCUT2D eigenvalue weighted by Gasteiger charge is 2.31. The lowest BCUT2D eigenvalue weighted by atomic mass is 10.1. The monoisotopic (exact) mass is 199 g/mol. The zero-order valence-electron chi connectivity index (χ0n) is 8.68. The third kappa shape index (κ3) is 1.48. The summed E-state index contributed by atoms with van der Waals surface area (Å²) in [7, 11) is 0. The van der Waals surface area contributed by atoms with E-state index in [4.69, 9.17) is 0 Å². The van der Waals surface area contributed by atoms with Crippen LogP contribution in [0.4, 0.5) is 0 Å². The van der Waals surface area contributed by atoms with Crippen molar-refractivity contribution in [2.45, 2.75) is 13.0 Å². The molecule has 1 aliphatic rings. The van der Waals surface area contributed by atoms with Crippen LogP contribution in [0.5, 0.6) is 0 Å². The molecule has 1 aliphatic heterocycles. The molecule has 0 fully saturated rings. The third-order valence-corrected chi connectivity index (χ3v) is 2.68. The fraction of sp³-hybridized carbons (Fsp3) is 0.154. The van der Waals surface area contributed by atoms with E-state index in [1.165, 1.54) is 0 Å². The maximum atomic E-state index is 12.0. The van der Waals surface area contributed by atoms with E-state index in [0.717, 1.165) is 11.1 Å². The molecule has 0 radical (unpaired) electrons. The summed E-state index contributed by atoms with van der Waals surface area (Å²) in [6.45, 7) is 5.62. The van der Waals surface area contributed by atoms with Crippen LogP contribution in [0.2, 0.25) is 0 Å². The Morgan fingerprint density at radius 3 is 2.80 bits per heavy atom. The molecule has 0 bridgehead atoms. The van der Waals surface area contributed by atoms with Crippen LogP contribution in [0.15, 0.2) is 49.2 Å². The molecular weight excluding hydrogens is 186 g/mol. The maximum Gasteiger partial charge on any atom is 0.258 e. The lowest BCUT2D eigenvalue weighted by Gasteiger charge is -2.16. The smallest absolute Gasteiger partial charge is 0.258 e. The summed E-state index contributed by atoms with van der Waals surface area (Å²) in [6.07, 6.45) is 5.23. The lowest BCUT2D eigenvalue weighted by molar-refractivity contribution is 0.0815. The Balaban J connectivity index is 2.40. The fourth-order valence-electron chi connectivity index (χ4n) is 1.87. The van der Waals surface area contributed by atoms with Crippen LogP contribution in [-0.4, -0.2) is 10.8 Å². The largest absolute Gasteiger partial charge is 0.308 e. The summed E-state index contributed by atoms with van der Waals surface area (Å²) in [5, 5.41) is 0. The SMILES string of the molecule is C=C/C=C/N1C(=O)c2ccccc2[C@@H]1C. The van der Waals surface area contributed by atoms with Crippen LogP contribution in [-0.2, 0) is 0 Å². The summed E-state index contributed by atoms with van der Waals surface area (Å²) in [5.74, 6) is 0.0659. The van der Waals surface area contributed by atoms with Crippen LogP contribution >= 0.6 is 0 Å². The van der Waals surface area contributed by atoms with Gasteiger partial charge in [0, 0.05) is 11.8 Å². The molecule has 0 aliphatic carbocycles. The van der Waals surface area contributed by atoms with Crippen LogP contribution in [0.3, 0.4) is 0 Å². The molecule has 0 aromatic heterocycles. The van der Waals surface area contributed by atoms with E-state index in [2.05, 4.69) is 6.58 Å². The summed E-state index contributed by atoms with van der Waals surface area (Å²) in [5.41, 5.74) is 1.90. The van der Waals surface area contributed by atoms with E-state index in [1.807, 2.05) is 31.2 Å². The number of benzene rings is 1. The Morgan fingerprint density at radius 1 is 1.40 bits per heavy atom. The maximum absolute atomic E-state index is 12.0. The predicted molar refractivity (Wildman–Crippen MR) is 60.4 cm³/mol. The van der Waals surface area contributed by atoms with Crippen molar-refractivity contribution >= 4 is 5.91 Å². The van der Waals surface area contributed by atoms with Crippen molar-refractivity contribution in [3.05, 3.63) is 60.3 Å². The molecule has 0 saturated carbocycles. The van der Waals surface area contributed by atoms with Gasteiger partial charge >= 0.3 is 0 Å². The van der Waals surface area contributed by atoms with Gasteiger partial charge in [-0.15, -0.1) is 0 Å². The van der Waals surface area contributed by atoms with Crippen molar-refractivity contribution in [2.24, 2.45) is 0 Å². The Kier molecular flexibility index (Phi) is 2.42. The molecule has 1 amide bonds. The van der Waals surface area contributed by atoms with Gasteiger partial charge in [-0.05, 0) is 24.6 Å². The van der Waals surface area contributed by atoms with Crippen molar-refractivity contribution in [2.75, 3.05) is 0 Å². The van der Waals surface area contributed by atoms with Gasteiger partial charge in [-0.25, -0.2) is 0 Å². The molecule has 76 valence electrons. The normalized spacial score (nSPS) is 19.7. The first-order valence-electron chi connectivity index (χ1n) is 4.96. The van der Waals surface area contributed by atoms with Crippen LogP contribution in [0, 0.1) is 0 Å². The minimum Gasteiger partial charge on any atom is -0.308 e. The molecule has 2 heteroatoms. The number of allylic oxidation sites excluding steroid dienone is 2.